The highest BCUT2D eigenvalue weighted by Crippen LogP contribution is 2.29. The van der Waals surface area contributed by atoms with Crippen molar-refractivity contribution in [3.63, 3.8) is 0 Å². The maximum absolute atomic E-state index is 2.40. The molecular formula is C12H24. The van der Waals surface area contributed by atoms with Crippen LogP contribution in [0.25, 0.3) is 0 Å². The minimum Gasteiger partial charge on any atom is -0.0851 e. The Kier molecular flexibility index (Phi) is 5.28. The Morgan fingerprint density at radius 3 is 2.08 bits per heavy atom. The van der Waals surface area contributed by atoms with Crippen molar-refractivity contribution in [3.8, 4) is 0 Å². The first-order valence-electron chi connectivity index (χ1n) is 5.21. The Balaban J connectivity index is 4.15. The molecule has 0 fully saturated rings. The van der Waals surface area contributed by atoms with E-state index in [4.69, 9.17) is 0 Å². The monoisotopic (exact) mass is 168 g/mol. The number of unbranched alkanes of at least 4 members (excludes halogenated alkanes) is 1. The van der Waals surface area contributed by atoms with Crippen molar-refractivity contribution < 1.29 is 0 Å². The second kappa shape index (κ2) is 5.40. The SMILES string of the molecule is CCC=C(CCCC)C(C)(C)C. The van der Waals surface area contributed by atoms with Gasteiger partial charge in [-0.1, -0.05) is 52.7 Å². The molecule has 0 aliphatic carbocycles. The second-order valence-electron chi connectivity index (χ2n) is 4.49. The van der Waals surface area contributed by atoms with Gasteiger partial charge < -0.3 is 0 Å². The fraction of sp³-hybridized carbons (Fsp3) is 0.833. The summed E-state index contributed by atoms with van der Waals surface area (Å²) >= 11 is 0. The Bertz CT molecular complexity index is 135. The van der Waals surface area contributed by atoms with E-state index in [0.717, 1.165) is 0 Å². The third kappa shape index (κ3) is 4.58. The minimum absolute atomic E-state index is 0.380. The Hall–Kier alpha value is -0.260. The van der Waals surface area contributed by atoms with Crippen molar-refractivity contribution in [1.82, 2.24) is 0 Å². The van der Waals surface area contributed by atoms with Crippen LogP contribution < -0.4 is 0 Å². The molecule has 0 heterocycles. The van der Waals surface area contributed by atoms with E-state index >= 15 is 0 Å². The van der Waals surface area contributed by atoms with Crippen LogP contribution in [0, 0.1) is 5.41 Å². The van der Waals surface area contributed by atoms with Crippen molar-refractivity contribution in [2.45, 2.75) is 60.3 Å². The molecule has 0 saturated heterocycles. The standard InChI is InChI=1S/C12H24/c1-6-8-10-11(9-7-2)12(3,4)5/h9H,6-8,10H2,1-5H3. The van der Waals surface area contributed by atoms with Crippen LogP contribution in [0.3, 0.4) is 0 Å². The lowest BCUT2D eigenvalue weighted by Gasteiger charge is -2.23. The van der Waals surface area contributed by atoms with Crippen LogP contribution in [0.4, 0.5) is 0 Å². The first-order valence-corrected chi connectivity index (χ1v) is 5.21. The topological polar surface area (TPSA) is 0 Å². The molecule has 0 N–H and O–H groups in total. The van der Waals surface area contributed by atoms with Crippen molar-refractivity contribution in [2.75, 3.05) is 0 Å². The van der Waals surface area contributed by atoms with Gasteiger partial charge in [-0.15, -0.1) is 0 Å². The first-order chi connectivity index (χ1) is 5.52. The molecule has 0 nitrogen and oxygen atoms in total. The second-order valence-corrected chi connectivity index (χ2v) is 4.49. The van der Waals surface area contributed by atoms with Crippen LogP contribution in [-0.2, 0) is 0 Å². The van der Waals surface area contributed by atoms with Crippen LogP contribution in [0.2, 0.25) is 0 Å². The van der Waals surface area contributed by atoms with Crippen LogP contribution in [0.15, 0.2) is 11.6 Å². The zero-order valence-electron chi connectivity index (χ0n) is 9.41. The smallest absolute Gasteiger partial charge is 0.0173 e. The van der Waals surface area contributed by atoms with Gasteiger partial charge in [0.05, 0.1) is 0 Å². The molecule has 0 aliphatic heterocycles. The van der Waals surface area contributed by atoms with Crippen molar-refractivity contribution in [1.29, 1.82) is 0 Å². The molecule has 0 aromatic carbocycles. The van der Waals surface area contributed by atoms with Gasteiger partial charge >= 0.3 is 0 Å². The summed E-state index contributed by atoms with van der Waals surface area (Å²) in [4.78, 5) is 0. The van der Waals surface area contributed by atoms with Crippen LogP contribution in [-0.4, -0.2) is 0 Å². The average Bonchev–Trinajstić information content (AvgIpc) is 1.95. The molecule has 0 atom stereocenters. The summed E-state index contributed by atoms with van der Waals surface area (Å²) in [5.74, 6) is 0. The van der Waals surface area contributed by atoms with Crippen LogP contribution >= 0.6 is 0 Å². The number of rotatable bonds is 4. The lowest BCUT2D eigenvalue weighted by molar-refractivity contribution is 0.473. The number of hydrogen-bond acceptors (Lipinski definition) is 0. The lowest BCUT2D eigenvalue weighted by atomic mass is 9.83. The maximum Gasteiger partial charge on any atom is -0.0173 e. The molecule has 0 aliphatic rings. The van der Waals surface area contributed by atoms with E-state index in [1.54, 1.807) is 5.57 Å². The molecule has 12 heavy (non-hydrogen) atoms. The fourth-order valence-electron chi connectivity index (χ4n) is 1.40. The molecule has 0 heteroatoms. The highest BCUT2D eigenvalue weighted by molar-refractivity contribution is 5.10. The summed E-state index contributed by atoms with van der Waals surface area (Å²) in [6.07, 6.45) is 7.50. The molecule has 0 rings (SSSR count). The average molecular weight is 168 g/mol. The van der Waals surface area contributed by atoms with Gasteiger partial charge in [0.25, 0.3) is 0 Å². The van der Waals surface area contributed by atoms with Gasteiger partial charge in [-0.25, -0.2) is 0 Å². The zero-order valence-corrected chi connectivity index (χ0v) is 9.41. The van der Waals surface area contributed by atoms with E-state index in [-0.39, 0.29) is 0 Å². The van der Waals surface area contributed by atoms with Gasteiger partial charge in [-0.2, -0.15) is 0 Å². The Labute approximate surface area is 78.1 Å². The largest absolute Gasteiger partial charge is 0.0851 e. The Morgan fingerprint density at radius 2 is 1.75 bits per heavy atom. The molecular weight excluding hydrogens is 144 g/mol. The summed E-state index contributed by atoms with van der Waals surface area (Å²) in [6.45, 7) is 11.4. The third-order valence-electron chi connectivity index (χ3n) is 2.21. The number of allylic oxidation sites excluding steroid dienone is 2. The molecule has 0 radical (unpaired) electrons. The molecule has 0 aromatic rings. The van der Waals surface area contributed by atoms with Crippen molar-refractivity contribution in [2.24, 2.45) is 5.41 Å². The maximum atomic E-state index is 2.40. The quantitative estimate of drug-likeness (QED) is 0.540. The minimum atomic E-state index is 0.380. The summed E-state index contributed by atoms with van der Waals surface area (Å²) < 4.78 is 0. The van der Waals surface area contributed by atoms with Crippen LogP contribution in [0.1, 0.15) is 60.3 Å². The molecule has 0 amide bonds. The van der Waals surface area contributed by atoms with E-state index in [1.165, 1.54) is 25.7 Å². The predicted octanol–water partition coefficient (Wildman–Crippen LogP) is 4.56. The van der Waals surface area contributed by atoms with Gasteiger partial charge in [0, 0.05) is 0 Å². The summed E-state index contributed by atoms with van der Waals surface area (Å²) in [5, 5.41) is 0. The van der Waals surface area contributed by atoms with E-state index in [2.05, 4.69) is 40.7 Å². The lowest BCUT2D eigenvalue weighted by Crippen LogP contribution is -2.09. The van der Waals surface area contributed by atoms with E-state index in [0.29, 0.717) is 5.41 Å². The highest BCUT2D eigenvalue weighted by atomic mass is 14.2. The highest BCUT2D eigenvalue weighted by Gasteiger charge is 2.15. The zero-order chi connectivity index (χ0) is 9.61. The normalized spacial score (nSPS) is 13.6. The predicted molar refractivity (Wildman–Crippen MR) is 57.4 cm³/mol. The van der Waals surface area contributed by atoms with Gasteiger partial charge in [0.15, 0.2) is 0 Å². The molecule has 0 bridgehead atoms. The Morgan fingerprint density at radius 1 is 1.17 bits per heavy atom. The van der Waals surface area contributed by atoms with Gasteiger partial charge in [-0.05, 0) is 24.7 Å². The summed E-state index contributed by atoms with van der Waals surface area (Å²) in [5.41, 5.74) is 2.01. The number of hydrogen-bond donors (Lipinski definition) is 0. The van der Waals surface area contributed by atoms with Gasteiger partial charge in [0.2, 0.25) is 0 Å². The van der Waals surface area contributed by atoms with E-state index < -0.39 is 0 Å². The fourth-order valence-corrected chi connectivity index (χ4v) is 1.40. The molecule has 0 saturated carbocycles. The molecule has 72 valence electrons. The summed E-state index contributed by atoms with van der Waals surface area (Å²) in [7, 11) is 0. The van der Waals surface area contributed by atoms with Gasteiger partial charge in [-0.3, -0.25) is 0 Å². The van der Waals surface area contributed by atoms with Crippen molar-refractivity contribution in [3.05, 3.63) is 11.6 Å². The third-order valence-corrected chi connectivity index (χ3v) is 2.21. The summed E-state index contributed by atoms with van der Waals surface area (Å²) in [6, 6.07) is 0. The molecule has 0 spiro atoms. The van der Waals surface area contributed by atoms with Crippen molar-refractivity contribution >= 4 is 0 Å². The van der Waals surface area contributed by atoms with E-state index in [1.807, 2.05) is 0 Å². The first kappa shape index (κ1) is 11.7. The molecule has 0 aromatic heterocycles. The van der Waals surface area contributed by atoms with Gasteiger partial charge in [0.1, 0.15) is 0 Å². The molecule has 0 unspecified atom stereocenters. The van der Waals surface area contributed by atoms with Crippen LogP contribution in [0.5, 0.6) is 0 Å². The van der Waals surface area contributed by atoms with E-state index in [9.17, 15) is 0 Å².